The molecule has 7 nitrogen and oxygen atoms in total. The Bertz CT molecular complexity index is 973. The van der Waals surface area contributed by atoms with Crippen molar-refractivity contribution in [2.24, 2.45) is 0 Å². The second-order valence-electron chi connectivity index (χ2n) is 7.90. The van der Waals surface area contributed by atoms with Gasteiger partial charge in [0.25, 0.3) is 0 Å². The predicted molar refractivity (Wildman–Crippen MR) is 126 cm³/mol. The van der Waals surface area contributed by atoms with Crippen molar-refractivity contribution in [1.82, 2.24) is 10.3 Å². The largest absolute Gasteiger partial charge is 0.497 e. The van der Waals surface area contributed by atoms with E-state index in [1.165, 1.54) is 5.56 Å². The Morgan fingerprint density at radius 3 is 2.61 bits per heavy atom. The number of aliphatic hydroxyl groups is 1. The van der Waals surface area contributed by atoms with Crippen LogP contribution in [0.2, 0.25) is 0 Å². The van der Waals surface area contributed by atoms with Gasteiger partial charge in [0.05, 0.1) is 23.7 Å². The van der Waals surface area contributed by atoms with Crippen molar-refractivity contribution in [3.63, 3.8) is 0 Å². The highest BCUT2D eigenvalue weighted by molar-refractivity contribution is 6.00. The van der Waals surface area contributed by atoms with Crippen LogP contribution in [-0.4, -0.2) is 48.4 Å². The van der Waals surface area contributed by atoms with Gasteiger partial charge in [-0.15, -0.1) is 12.4 Å². The molecule has 31 heavy (non-hydrogen) atoms. The summed E-state index contributed by atoms with van der Waals surface area (Å²) in [5.41, 5.74) is 2.50. The van der Waals surface area contributed by atoms with Gasteiger partial charge in [0.1, 0.15) is 24.2 Å². The molecular formula is C23H30ClN3O4. The van der Waals surface area contributed by atoms with E-state index in [1.807, 2.05) is 36.4 Å². The molecule has 0 fully saturated rings. The van der Waals surface area contributed by atoms with Gasteiger partial charge in [-0.1, -0.05) is 18.2 Å². The Hall–Kier alpha value is -2.74. The molecule has 0 saturated heterocycles. The highest BCUT2D eigenvalue weighted by Crippen LogP contribution is 2.32. The van der Waals surface area contributed by atoms with Crippen molar-refractivity contribution < 1.29 is 19.4 Å². The number of fused-ring (bicyclic) bond motifs is 1. The number of benzene rings is 2. The van der Waals surface area contributed by atoms with Crippen molar-refractivity contribution >= 4 is 35.4 Å². The fourth-order valence-corrected chi connectivity index (χ4v) is 3.41. The number of methoxy groups -OCH3 is 1. The van der Waals surface area contributed by atoms with Gasteiger partial charge in [-0.3, -0.25) is 4.79 Å². The molecule has 1 amide bonds. The summed E-state index contributed by atoms with van der Waals surface area (Å²) in [6.45, 7) is 4.72. The van der Waals surface area contributed by atoms with Gasteiger partial charge in [-0.05, 0) is 50.1 Å². The topological polar surface area (TPSA) is 95.6 Å². The molecule has 0 bridgehead atoms. The molecule has 4 N–H and O–H groups in total. The van der Waals surface area contributed by atoms with Crippen molar-refractivity contribution in [2.45, 2.75) is 31.9 Å². The standard InChI is InChI=1S/C23H29N3O4.ClH/c1-23(2,11-16-7-9-18(29-3)10-8-16)26-12-17(28)14-30-21-13-24-19-5-4-6-20(22(19)21)25-15-27;/h4-10,13,15,17,24,26,28H,11-12,14H2,1-3H3,(H,25,27);1H. The summed E-state index contributed by atoms with van der Waals surface area (Å²) in [6, 6.07) is 13.5. The summed E-state index contributed by atoms with van der Waals surface area (Å²) in [5, 5.41) is 17.3. The monoisotopic (exact) mass is 447 g/mol. The van der Waals surface area contributed by atoms with Crippen LogP contribution >= 0.6 is 12.4 Å². The van der Waals surface area contributed by atoms with E-state index < -0.39 is 6.10 Å². The zero-order chi connectivity index (χ0) is 21.6. The number of aliphatic hydroxyl groups excluding tert-OH is 1. The lowest BCUT2D eigenvalue weighted by molar-refractivity contribution is -0.105. The second-order valence-corrected chi connectivity index (χ2v) is 7.90. The van der Waals surface area contributed by atoms with Gasteiger partial charge in [0.15, 0.2) is 0 Å². The van der Waals surface area contributed by atoms with E-state index in [0.29, 0.717) is 24.4 Å². The fraction of sp³-hybridized carbons (Fsp3) is 0.348. The number of aromatic nitrogens is 1. The van der Waals surface area contributed by atoms with Gasteiger partial charge >= 0.3 is 0 Å². The molecule has 1 aromatic heterocycles. The van der Waals surface area contributed by atoms with Crippen LogP contribution in [0.4, 0.5) is 5.69 Å². The van der Waals surface area contributed by atoms with Gasteiger partial charge in [-0.2, -0.15) is 0 Å². The maximum atomic E-state index is 10.8. The number of aromatic amines is 1. The highest BCUT2D eigenvalue weighted by atomic mass is 35.5. The number of carbonyl (C=O) groups is 1. The van der Waals surface area contributed by atoms with Gasteiger partial charge < -0.3 is 30.2 Å². The number of hydrogen-bond acceptors (Lipinski definition) is 5. The average Bonchev–Trinajstić information content (AvgIpc) is 3.15. The number of carbonyl (C=O) groups excluding carboxylic acids is 1. The van der Waals surface area contributed by atoms with Crippen molar-refractivity contribution in [3.05, 3.63) is 54.2 Å². The van der Waals surface area contributed by atoms with Crippen LogP contribution < -0.4 is 20.1 Å². The van der Waals surface area contributed by atoms with E-state index in [2.05, 4.69) is 29.5 Å². The molecule has 0 aliphatic heterocycles. The van der Waals surface area contributed by atoms with Crippen LogP contribution in [0.3, 0.4) is 0 Å². The van der Waals surface area contributed by atoms with Gasteiger partial charge in [-0.25, -0.2) is 0 Å². The SMILES string of the molecule is COc1ccc(CC(C)(C)NCC(O)COc2c[nH]c3cccc(NC=O)c23)cc1.Cl. The van der Waals surface area contributed by atoms with Crippen LogP contribution in [0.1, 0.15) is 19.4 Å². The van der Waals surface area contributed by atoms with E-state index in [4.69, 9.17) is 9.47 Å². The Morgan fingerprint density at radius 2 is 1.94 bits per heavy atom. The predicted octanol–water partition coefficient (Wildman–Crippen LogP) is 3.52. The van der Waals surface area contributed by atoms with Crippen molar-refractivity contribution in [2.75, 3.05) is 25.6 Å². The summed E-state index contributed by atoms with van der Waals surface area (Å²) in [4.78, 5) is 14.0. The van der Waals surface area contributed by atoms with Gasteiger partial charge in [0, 0.05) is 18.3 Å². The molecule has 1 heterocycles. The second kappa shape index (κ2) is 11.0. The molecule has 8 heteroatoms. The Kier molecular flexibility index (Phi) is 8.74. The van der Waals surface area contributed by atoms with E-state index in [-0.39, 0.29) is 24.6 Å². The summed E-state index contributed by atoms with van der Waals surface area (Å²) in [7, 11) is 1.65. The first-order valence-electron chi connectivity index (χ1n) is 9.91. The number of amides is 1. The minimum absolute atomic E-state index is 0. The van der Waals surface area contributed by atoms with E-state index >= 15 is 0 Å². The lowest BCUT2D eigenvalue weighted by Gasteiger charge is -2.28. The third-order valence-corrected chi connectivity index (χ3v) is 4.94. The number of anilines is 1. The molecule has 0 radical (unpaired) electrons. The minimum atomic E-state index is -0.684. The molecular weight excluding hydrogens is 418 g/mol. The first-order chi connectivity index (χ1) is 14.4. The molecule has 3 rings (SSSR count). The maximum Gasteiger partial charge on any atom is 0.211 e. The molecule has 168 valence electrons. The molecule has 0 aliphatic carbocycles. The fourth-order valence-electron chi connectivity index (χ4n) is 3.41. The van der Waals surface area contributed by atoms with E-state index in [9.17, 15) is 9.90 Å². The molecule has 0 saturated carbocycles. The zero-order valence-electron chi connectivity index (χ0n) is 18.0. The van der Waals surface area contributed by atoms with Crippen LogP contribution in [0.25, 0.3) is 10.9 Å². The van der Waals surface area contributed by atoms with Crippen molar-refractivity contribution in [1.29, 1.82) is 0 Å². The molecule has 1 atom stereocenters. The smallest absolute Gasteiger partial charge is 0.211 e. The van der Waals surface area contributed by atoms with Crippen LogP contribution in [0.15, 0.2) is 48.7 Å². The number of rotatable bonds is 11. The summed E-state index contributed by atoms with van der Waals surface area (Å²) in [5.74, 6) is 1.42. The zero-order valence-corrected chi connectivity index (χ0v) is 18.8. The van der Waals surface area contributed by atoms with Crippen molar-refractivity contribution in [3.8, 4) is 11.5 Å². The van der Waals surface area contributed by atoms with Crippen LogP contribution in [-0.2, 0) is 11.2 Å². The summed E-state index contributed by atoms with van der Waals surface area (Å²) in [6.07, 6.45) is 2.49. The third-order valence-electron chi connectivity index (χ3n) is 4.94. The molecule has 0 spiro atoms. The van der Waals surface area contributed by atoms with Crippen LogP contribution in [0, 0.1) is 0 Å². The van der Waals surface area contributed by atoms with Crippen LogP contribution in [0.5, 0.6) is 11.5 Å². The Labute approximate surface area is 188 Å². The minimum Gasteiger partial charge on any atom is -0.497 e. The number of β-amino-alcohol motifs (C(OH)–C–C–N with tert-alkyl or cyclic N) is 1. The van der Waals surface area contributed by atoms with E-state index in [0.717, 1.165) is 23.1 Å². The average molecular weight is 448 g/mol. The maximum absolute atomic E-state index is 10.8. The normalized spacial score (nSPS) is 12.1. The third kappa shape index (κ3) is 6.62. The Balaban J connectivity index is 0.00000341. The molecule has 1 unspecified atom stereocenters. The summed E-state index contributed by atoms with van der Waals surface area (Å²) < 4.78 is 11.0. The quantitative estimate of drug-likeness (QED) is 0.337. The molecule has 2 aromatic carbocycles. The van der Waals surface area contributed by atoms with E-state index in [1.54, 1.807) is 19.4 Å². The first-order valence-corrected chi connectivity index (χ1v) is 9.91. The number of ether oxygens (including phenoxy) is 2. The highest BCUT2D eigenvalue weighted by Gasteiger charge is 2.20. The number of halogens is 1. The molecule has 0 aliphatic rings. The number of hydrogen-bond donors (Lipinski definition) is 4. The lowest BCUT2D eigenvalue weighted by Crippen LogP contribution is -2.46. The van der Waals surface area contributed by atoms with Gasteiger partial charge in [0.2, 0.25) is 6.41 Å². The lowest BCUT2D eigenvalue weighted by atomic mass is 9.94. The summed E-state index contributed by atoms with van der Waals surface area (Å²) >= 11 is 0. The molecule has 3 aromatic rings. The number of H-pyrrole nitrogens is 1. The Morgan fingerprint density at radius 1 is 1.19 bits per heavy atom. The number of nitrogens with one attached hydrogen (secondary N) is 3. The first kappa shape index (κ1) is 24.5.